The van der Waals surface area contributed by atoms with Gasteiger partial charge >= 0.3 is 0 Å². The quantitative estimate of drug-likeness (QED) is 0.680. The molecule has 1 aromatic carbocycles. The van der Waals surface area contributed by atoms with Crippen LogP contribution in [0.2, 0.25) is 0 Å². The number of nitrogens with one attached hydrogen (secondary N) is 2. The first-order valence-electron chi connectivity index (χ1n) is 8.55. The van der Waals surface area contributed by atoms with Crippen LogP contribution in [0.1, 0.15) is 26.2 Å². The fourth-order valence-corrected chi connectivity index (χ4v) is 3.88. The summed E-state index contributed by atoms with van der Waals surface area (Å²) >= 11 is 0. The molecule has 1 aromatic rings. The topological polar surface area (TPSA) is 105 Å². The number of hydrogen-bond acceptors (Lipinski definition) is 5. The standard InChI is InChI=1S/C17H25N3O5S/c1-13(17(22)18-10-9-16(21)20-11-3-4-12-20)19-26(23,24)15-7-5-14(25-2)6-8-15/h5-8,13,19H,3-4,9-12H2,1-2H3,(H,18,22)/t13-/m0/s1. The van der Waals surface area contributed by atoms with E-state index in [1.165, 1.54) is 38.3 Å². The van der Waals surface area contributed by atoms with Gasteiger partial charge in [-0.05, 0) is 44.0 Å². The summed E-state index contributed by atoms with van der Waals surface area (Å²) in [5, 5.41) is 2.60. The minimum Gasteiger partial charge on any atom is -0.497 e. The van der Waals surface area contributed by atoms with Gasteiger partial charge in [-0.1, -0.05) is 0 Å². The molecule has 1 aliphatic rings. The molecule has 0 saturated carbocycles. The van der Waals surface area contributed by atoms with Gasteiger partial charge in [-0.3, -0.25) is 9.59 Å². The molecule has 0 bridgehead atoms. The molecular weight excluding hydrogens is 358 g/mol. The van der Waals surface area contributed by atoms with Gasteiger partial charge in [0.05, 0.1) is 18.0 Å². The minimum absolute atomic E-state index is 0.00858. The van der Waals surface area contributed by atoms with Crippen LogP contribution in [-0.2, 0) is 19.6 Å². The molecule has 1 heterocycles. The van der Waals surface area contributed by atoms with Gasteiger partial charge in [0.2, 0.25) is 21.8 Å². The number of nitrogens with zero attached hydrogens (tertiary/aromatic N) is 1. The Morgan fingerprint density at radius 3 is 2.38 bits per heavy atom. The lowest BCUT2D eigenvalue weighted by atomic mass is 10.3. The zero-order valence-corrected chi connectivity index (χ0v) is 15.8. The van der Waals surface area contributed by atoms with Gasteiger partial charge in [-0.2, -0.15) is 4.72 Å². The van der Waals surface area contributed by atoms with Crippen molar-refractivity contribution in [3.63, 3.8) is 0 Å². The Labute approximate surface area is 153 Å². The van der Waals surface area contributed by atoms with Crippen molar-refractivity contribution in [2.45, 2.75) is 37.1 Å². The molecule has 144 valence electrons. The maximum absolute atomic E-state index is 12.3. The summed E-state index contributed by atoms with van der Waals surface area (Å²) in [5.41, 5.74) is 0. The minimum atomic E-state index is -3.83. The first-order chi connectivity index (χ1) is 12.3. The lowest BCUT2D eigenvalue weighted by molar-refractivity contribution is -0.130. The highest BCUT2D eigenvalue weighted by molar-refractivity contribution is 7.89. The smallest absolute Gasteiger partial charge is 0.241 e. The van der Waals surface area contributed by atoms with Gasteiger partial charge in [0.15, 0.2) is 0 Å². The third kappa shape index (κ3) is 5.43. The van der Waals surface area contributed by atoms with E-state index in [0.29, 0.717) is 5.75 Å². The Morgan fingerprint density at radius 1 is 1.19 bits per heavy atom. The summed E-state index contributed by atoms with van der Waals surface area (Å²) < 4.78 is 31.9. The van der Waals surface area contributed by atoms with Crippen molar-refractivity contribution in [3.8, 4) is 5.75 Å². The summed E-state index contributed by atoms with van der Waals surface area (Å²) in [6.45, 7) is 3.18. The van der Waals surface area contributed by atoms with Gasteiger partial charge in [0.25, 0.3) is 0 Å². The van der Waals surface area contributed by atoms with Crippen LogP contribution in [0.15, 0.2) is 29.2 Å². The van der Waals surface area contributed by atoms with Gasteiger partial charge in [0.1, 0.15) is 5.75 Å². The average molecular weight is 383 g/mol. The van der Waals surface area contributed by atoms with Crippen LogP contribution >= 0.6 is 0 Å². The lowest BCUT2D eigenvalue weighted by Gasteiger charge is -2.17. The van der Waals surface area contributed by atoms with Crippen LogP contribution < -0.4 is 14.8 Å². The van der Waals surface area contributed by atoms with E-state index in [1.807, 2.05) is 0 Å². The molecule has 0 aliphatic carbocycles. The van der Waals surface area contributed by atoms with E-state index in [2.05, 4.69) is 10.0 Å². The number of hydrogen-bond donors (Lipinski definition) is 2. The average Bonchev–Trinajstić information content (AvgIpc) is 3.16. The molecule has 2 amide bonds. The monoisotopic (exact) mass is 383 g/mol. The first kappa shape index (κ1) is 20.2. The second-order valence-corrected chi connectivity index (χ2v) is 7.86. The zero-order valence-electron chi connectivity index (χ0n) is 15.0. The molecule has 0 unspecified atom stereocenters. The highest BCUT2D eigenvalue weighted by atomic mass is 32.2. The third-order valence-electron chi connectivity index (χ3n) is 4.19. The predicted molar refractivity (Wildman–Crippen MR) is 96.2 cm³/mol. The van der Waals surface area contributed by atoms with E-state index < -0.39 is 22.0 Å². The number of benzene rings is 1. The van der Waals surface area contributed by atoms with Crippen molar-refractivity contribution < 1.29 is 22.7 Å². The van der Waals surface area contributed by atoms with Crippen LogP contribution in [0.5, 0.6) is 5.75 Å². The summed E-state index contributed by atoms with van der Waals surface area (Å²) in [6, 6.07) is 4.91. The molecule has 0 spiro atoms. The molecule has 26 heavy (non-hydrogen) atoms. The van der Waals surface area contributed by atoms with Crippen molar-refractivity contribution >= 4 is 21.8 Å². The Balaban J connectivity index is 1.82. The van der Waals surface area contributed by atoms with E-state index in [0.717, 1.165) is 25.9 Å². The second-order valence-electron chi connectivity index (χ2n) is 6.15. The van der Waals surface area contributed by atoms with Crippen molar-refractivity contribution in [1.82, 2.24) is 14.9 Å². The van der Waals surface area contributed by atoms with E-state index >= 15 is 0 Å². The molecule has 1 saturated heterocycles. The largest absolute Gasteiger partial charge is 0.497 e. The fraction of sp³-hybridized carbons (Fsp3) is 0.529. The van der Waals surface area contributed by atoms with Crippen molar-refractivity contribution in [1.29, 1.82) is 0 Å². The molecule has 8 nitrogen and oxygen atoms in total. The number of amides is 2. The maximum atomic E-state index is 12.3. The van der Waals surface area contributed by atoms with Crippen LogP contribution in [0.3, 0.4) is 0 Å². The molecule has 0 radical (unpaired) electrons. The van der Waals surface area contributed by atoms with E-state index in [9.17, 15) is 18.0 Å². The molecule has 2 rings (SSSR count). The van der Waals surface area contributed by atoms with Crippen molar-refractivity contribution in [2.75, 3.05) is 26.7 Å². The number of likely N-dealkylation sites (tertiary alicyclic amines) is 1. The Bertz CT molecular complexity index is 727. The van der Waals surface area contributed by atoms with Crippen LogP contribution in [0.25, 0.3) is 0 Å². The lowest BCUT2D eigenvalue weighted by Crippen LogP contribution is -2.45. The van der Waals surface area contributed by atoms with E-state index in [4.69, 9.17) is 4.74 Å². The van der Waals surface area contributed by atoms with E-state index in [-0.39, 0.29) is 23.8 Å². The summed E-state index contributed by atoms with van der Waals surface area (Å²) in [6.07, 6.45) is 2.24. The molecular formula is C17H25N3O5S. The van der Waals surface area contributed by atoms with Gasteiger partial charge < -0.3 is 15.0 Å². The van der Waals surface area contributed by atoms with E-state index in [1.54, 1.807) is 4.90 Å². The molecule has 1 fully saturated rings. The summed E-state index contributed by atoms with van der Waals surface area (Å²) in [4.78, 5) is 25.8. The summed E-state index contributed by atoms with van der Waals surface area (Å²) in [5.74, 6) is 0.0722. The molecule has 0 aromatic heterocycles. The zero-order chi connectivity index (χ0) is 19.2. The second kappa shape index (κ2) is 9.00. The highest BCUT2D eigenvalue weighted by Crippen LogP contribution is 2.15. The number of carbonyl (C=O) groups is 2. The molecule has 2 N–H and O–H groups in total. The number of ether oxygens (including phenoxy) is 1. The van der Waals surface area contributed by atoms with Gasteiger partial charge in [-0.25, -0.2) is 8.42 Å². The first-order valence-corrected chi connectivity index (χ1v) is 10.0. The van der Waals surface area contributed by atoms with Gasteiger partial charge in [-0.15, -0.1) is 0 Å². The van der Waals surface area contributed by atoms with Crippen molar-refractivity contribution in [2.24, 2.45) is 0 Å². The number of sulfonamides is 1. The number of carbonyl (C=O) groups excluding carboxylic acids is 2. The third-order valence-corrected chi connectivity index (χ3v) is 5.75. The number of rotatable bonds is 8. The molecule has 1 aliphatic heterocycles. The SMILES string of the molecule is COc1ccc(S(=O)(=O)N[C@@H](C)C(=O)NCCC(=O)N2CCCC2)cc1. The van der Waals surface area contributed by atoms with Gasteiger partial charge in [0, 0.05) is 26.1 Å². The number of methoxy groups -OCH3 is 1. The molecule has 9 heteroatoms. The van der Waals surface area contributed by atoms with Crippen LogP contribution in [0, 0.1) is 0 Å². The Morgan fingerprint density at radius 2 is 1.81 bits per heavy atom. The fourth-order valence-electron chi connectivity index (χ4n) is 2.68. The van der Waals surface area contributed by atoms with Crippen molar-refractivity contribution in [3.05, 3.63) is 24.3 Å². The Kier molecular flexibility index (Phi) is 6.98. The normalized spacial score (nSPS) is 15.5. The summed E-state index contributed by atoms with van der Waals surface area (Å²) in [7, 11) is -2.34. The predicted octanol–water partition coefficient (Wildman–Crippen LogP) is 0.491. The molecule has 1 atom stereocenters. The maximum Gasteiger partial charge on any atom is 0.241 e. The van der Waals surface area contributed by atoms with Crippen LogP contribution in [0.4, 0.5) is 0 Å². The highest BCUT2D eigenvalue weighted by Gasteiger charge is 2.22. The Hall–Kier alpha value is -2.13. The van der Waals surface area contributed by atoms with Crippen LogP contribution in [-0.4, -0.2) is 57.9 Å².